The van der Waals surface area contributed by atoms with E-state index in [4.69, 9.17) is 23.7 Å². The molecule has 45 heavy (non-hydrogen) atoms. The zero-order valence-electron chi connectivity index (χ0n) is 26.5. The van der Waals surface area contributed by atoms with Crippen molar-refractivity contribution in [3.63, 3.8) is 0 Å². The van der Waals surface area contributed by atoms with Gasteiger partial charge in [-0.3, -0.25) is 4.79 Å². The second-order valence-corrected chi connectivity index (χ2v) is 10.9. The molecule has 3 aromatic rings. The van der Waals surface area contributed by atoms with Crippen LogP contribution in [0, 0.1) is 0 Å². The van der Waals surface area contributed by atoms with Gasteiger partial charge in [0.15, 0.2) is 0 Å². The third-order valence-corrected chi connectivity index (χ3v) is 5.99. The minimum absolute atomic E-state index is 0.0223. The first-order chi connectivity index (χ1) is 21.5. The van der Waals surface area contributed by atoms with Crippen molar-refractivity contribution in [2.24, 2.45) is 0 Å². The number of alkyl carbamates (subject to hydrolysis) is 1. The summed E-state index contributed by atoms with van der Waals surface area (Å²) >= 11 is 0. The molecule has 10 nitrogen and oxygen atoms in total. The molecule has 0 aromatic heterocycles. The van der Waals surface area contributed by atoms with Crippen LogP contribution in [0.4, 0.5) is 9.59 Å². The molecule has 10 heteroatoms. The van der Waals surface area contributed by atoms with Crippen LogP contribution in [0.15, 0.2) is 72.8 Å². The summed E-state index contributed by atoms with van der Waals surface area (Å²) in [6, 6.07) is 21.0. The Morgan fingerprint density at radius 1 is 0.800 bits per heavy atom. The fourth-order valence-electron chi connectivity index (χ4n) is 4.10. The smallest absolute Gasteiger partial charge is 0.494 e. The third kappa shape index (κ3) is 13.0. The van der Waals surface area contributed by atoms with E-state index < -0.39 is 29.8 Å². The molecule has 0 aliphatic rings. The number of carbonyl (C=O) groups excluding carboxylic acids is 3. The van der Waals surface area contributed by atoms with Crippen LogP contribution in [0.3, 0.4) is 0 Å². The molecule has 0 aliphatic heterocycles. The van der Waals surface area contributed by atoms with E-state index in [-0.39, 0.29) is 19.6 Å². The Labute approximate surface area is 264 Å². The van der Waals surface area contributed by atoms with Crippen LogP contribution in [0.2, 0.25) is 0 Å². The number of amides is 2. The lowest BCUT2D eigenvalue weighted by molar-refractivity contribution is -0.123. The number of rotatable bonds is 14. The highest BCUT2D eigenvalue weighted by molar-refractivity contribution is 5.86. The highest BCUT2D eigenvalue weighted by Gasteiger charge is 2.24. The van der Waals surface area contributed by atoms with Gasteiger partial charge >= 0.3 is 12.2 Å². The molecule has 2 N–H and O–H groups in total. The zero-order valence-corrected chi connectivity index (χ0v) is 26.5. The molecule has 3 rings (SSSR count). The van der Waals surface area contributed by atoms with Crippen molar-refractivity contribution in [2.45, 2.75) is 52.7 Å². The minimum Gasteiger partial charge on any atom is -0.494 e. The van der Waals surface area contributed by atoms with Crippen LogP contribution < -0.4 is 24.8 Å². The Kier molecular flexibility index (Phi) is 13.3. The number of nitrogens with one attached hydrogen (secondary N) is 2. The topological polar surface area (TPSA) is 121 Å². The summed E-state index contributed by atoms with van der Waals surface area (Å²) in [6.07, 6.45) is 2.52. The Morgan fingerprint density at radius 2 is 1.42 bits per heavy atom. The highest BCUT2D eigenvalue weighted by Crippen LogP contribution is 2.25. The quantitative estimate of drug-likeness (QED) is 0.0919. The molecular weight excluding hydrogens is 576 g/mol. The summed E-state index contributed by atoms with van der Waals surface area (Å²) in [4.78, 5) is 37.4. The average molecular weight is 619 g/mol. The van der Waals surface area contributed by atoms with Crippen LogP contribution in [0.1, 0.15) is 51.3 Å². The van der Waals surface area contributed by atoms with Gasteiger partial charge in [0.05, 0.1) is 19.8 Å². The molecule has 0 radical (unpaired) electrons. The lowest BCUT2D eigenvalue weighted by atomic mass is 10.1. The molecule has 0 heterocycles. The number of hydrogen-bond acceptors (Lipinski definition) is 8. The van der Waals surface area contributed by atoms with E-state index >= 15 is 0 Å². The summed E-state index contributed by atoms with van der Waals surface area (Å²) in [5, 5.41) is 5.30. The summed E-state index contributed by atoms with van der Waals surface area (Å²) in [7, 11) is 0. The number of benzene rings is 3. The summed E-state index contributed by atoms with van der Waals surface area (Å²) in [5.74, 6) is 1.33. The molecule has 0 fully saturated rings. The van der Waals surface area contributed by atoms with Crippen molar-refractivity contribution in [1.82, 2.24) is 10.6 Å². The normalized spacial score (nSPS) is 11.8. The van der Waals surface area contributed by atoms with E-state index in [0.717, 1.165) is 28.2 Å². The van der Waals surface area contributed by atoms with Crippen molar-refractivity contribution in [3.8, 4) is 17.2 Å². The predicted octanol–water partition coefficient (Wildman–Crippen LogP) is 6.42. The molecule has 0 bridgehead atoms. The van der Waals surface area contributed by atoms with E-state index in [1.807, 2.05) is 74.5 Å². The van der Waals surface area contributed by atoms with Crippen LogP contribution in [-0.4, -0.2) is 56.2 Å². The Hall–Kier alpha value is -4.99. The molecule has 1 unspecified atom stereocenters. The monoisotopic (exact) mass is 618 g/mol. The maximum absolute atomic E-state index is 12.9. The lowest BCUT2D eigenvalue weighted by Gasteiger charge is -2.23. The molecule has 3 aromatic carbocycles. The van der Waals surface area contributed by atoms with Crippen LogP contribution >= 0.6 is 0 Å². The van der Waals surface area contributed by atoms with Gasteiger partial charge in [0.1, 0.15) is 35.5 Å². The average Bonchev–Trinajstić information content (AvgIpc) is 2.98. The molecule has 0 spiro atoms. The Balaban J connectivity index is 1.47. The Bertz CT molecular complexity index is 1390. The van der Waals surface area contributed by atoms with Crippen LogP contribution in [0.25, 0.3) is 12.2 Å². The zero-order chi connectivity index (χ0) is 32.7. The summed E-state index contributed by atoms with van der Waals surface area (Å²) in [5.41, 5.74) is 1.96. The van der Waals surface area contributed by atoms with Crippen LogP contribution in [0.5, 0.6) is 17.2 Å². The number of ether oxygens (including phenoxy) is 5. The standard InChI is InChI=1S/C35H42N2O8/c1-6-41-29-21-27(22-30(24-29)42-7-2)14-13-25-15-17-28(18-16-25)44-34(40)43-20-19-36-32(38)31(23-26-11-9-8-10-12-26)37-33(39)45-35(3,4)5/h8-18,21-22,24,31H,6-7,19-20,23H2,1-5H3,(H,36,38)(H,37,39)/b14-13+. The fraction of sp³-hybridized carbons (Fsp3) is 0.343. The van der Waals surface area contributed by atoms with E-state index in [9.17, 15) is 14.4 Å². The molecule has 0 aliphatic carbocycles. The van der Waals surface area contributed by atoms with Crippen molar-refractivity contribution in [2.75, 3.05) is 26.4 Å². The van der Waals surface area contributed by atoms with Gasteiger partial charge in [0, 0.05) is 12.5 Å². The largest absolute Gasteiger partial charge is 0.513 e. The maximum Gasteiger partial charge on any atom is 0.513 e. The van der Waals surface area contributed by atoms with Crippen molar-refractivity contribution in [3.05, 3.63) is 89.5 Å². The fourth-order valence-corrected chi connectivity index (χ4v) is 4.10. The SMILES string of the molecule is CCOc1cc(/C=C/c2ccc(OC(=O)OCCNC(=O)C(Cc3ccccc3)NC(=O)OC(C)(C)C)cc2)cc(OCC)c1. The molecule has 0 saturated heterocycles. The van der Waals surface area contributed by atoms with E-state index in [1.54, 1.807) is 45.0 Å². The molecule has 1 atom stereocenters. The molecule has 0 saturated carbocycles. The van der Waals surface area contributed by atoms with Gasteiger partial charge in [0.25, 0.3) is 0 Å². The third-order valence-electron chi connectivity index (χ3n) is 5.99. The number of carbonyl (C=O) groups is 3. The second kappa shape index (κ2) is 17.3. The van der Waals surface area contributed by atoms with Gasteiger partial charge in [-0.15, -0.1) is 0 Å². The van der Waals surface area contributed by atoms with Gasteiger partial charge in [0.2, 0.25) is 5.91 Å². The number of hydrogen-bond donors (Lipinski definition) is 2. The van der Waals surface area contributed by atoms with Crippen LogP contribution in [-0.2, 0) is 20.7 Å². The van der Waals surface area contributed by atoms with Crippen molar-refractivity contribution < 1.29 is 38.1 Å². The van der Waals surface area contributed by atoms with E-state index in [1.165, 1.54) is 0 Å². The van der Waals surface area contributed by atoms with E-state index in [0.29, 0.717) is 19.0 Å². The van der Waals surface area contributed by atoms with Crippen molar-refractivity contribution in [1.29, 1.82) is 0 Å². The first-order valence-electron chi connectivity index (χ1n) is 14.9. The predicted molar refractivity (Wildman–Crippen MR) is 172 cm³/mol. The van der Waals surface area contributed by atoms with Gasteiger partial charge in [-0.05, 0) is 75.6 Å². The maximum atomic E-state index is 12.9. The molecule has 2 amide bonds. The molecular formula is C35H42N2O8. The van der Waals surface area contributed by atoms with E-state index in [2.05, 4.69) is 10.6 Å². The second-order valence-electron chi connectivity index (χ2n) is 10.9. The van der Waals surface area contributed by atoms with Gasteiger partial charge in [-0.25, -0.2) is 9.59 Å². The summed E-state index contributed by atoms with van der Waals surface area (Å²) < 4.78 is 26.9. The van der Waals surface area contributed by atoms with Gasteiger partial charge in [-0.1, -0.05) is 54.6 Å². The van der Waals surface area contributed by atoms with Gasteiger partial charge in [-0.2, -0.15) is 0 Å². The highest BCUT2D eigenvalue weighted by atomic mass is 16.7. The minimum atomic E-state index is -0.906. The first-order valence-corrected chi connectivity index (χ1v) is 14.9. The first kappa shape index (κ1) is 34.5. The lowest BCUT2D eigenvalue weighted by Crippen LogP contribution is -2.49. The molecule has 240 valence electrons. The Morgan fingerprint density at radius 3 is 2.02 bits per heavy atom. The van der Waals surface area contributed by atoms with Crippen molar-refractivity contribution >= 4 is 30.3 Å². The summed E-state index contributed by atoms with van der Waals surface area (Å²) in [6.45, 7) is 10.1. The van der Waals surface area contributed by atoms with Gasteiger partial charge < -0.3 is 34.3 Å².